The molecule has 1 N–H and O–H groups in total. The molecule has 0 saturated heterocycles. The number of hydrogen-bond donors (Lipinski definition) is 1. The van der Waals surface area contributed by atoms with E-state index < -0.39 is 0 Å². The average molecular weight is 233 g/mol. The lowest BCUT2D eigenvalue weighted by molar-refractivity contribution is 0.440. The fourth-order valence-electron chi connectivity index (χ4n) is 2.28. The summed E-state index contributed by atoms with van der Waals surface area (Å²) in [4.78, 5) is 0. The van der Waals surface area contributed by atoms with Crippen LogP contribution in [0.5, 0.6) is 0 Å². The quantitative estimate of drug-likeness (QED) is 0.784. The Morgan fingerprint density at radius 1 is 1.35 bits per heavy atom. The summed E-state index contributed by atoms with van der Waals surface area (Å²) >= 11 is 0. The van der Waals surface area contributed by atoms with Gasteiger partial charge in [0.2, 0.25) is 0 Å². The predicted molar refractivity (Wildman–Crippen MR) is 69.3 cm³/mol. The van der Waals surface area contributed by atoms with Gasteiger partial charge in [0.15, 0.2) is 0 Å². The molecule has 0 saturated carbocycles. The zero-order valence-corrected chi connectivity index (χ0v) is 10.4. The van der Waals surface area contributed by atoms with Crippen LogP contribution in [-0.2, 0) is 6.54 Å². The molecule has 1 atom stereocenters. The van der Waals surface area contributed by atoms with Gasteiger partial charge in [0, 0.05) is 6.54 Å². The summed E-state index contributed by atoms with van der Waals surface area (Å²) in [5.41, 5.74) is 2.22. The summed E-state index contributed by atoms with van der Waals surface area (Å²) in [6, 6.07) is 4.99. The van der Waals surface area contributed by atoms with Crippen molar-refractivity contribution in [3.8, 4) is 0 Å². The van der Waals surface area contributed by atoms with Gasteiger partial charge >= 0.3 is 0 Å². The molecule has 0 fully saturated rings. The Hall–Kier alpha value is -1.15. The van der Waals surface area contributed by atoms with Crippen molar-refractivity contribution in [3.05, 3.63) is 47.3 Å². The topological polar surface area (TPSA) is 12.0 Å². The fraction of sp³-hybridized carbons (Fsp3) is 0.467. The van der Waals surface area contributed by atoms with Crippen molar-refractivity contribution in [2.45, 2.75) is 32.7 Å². The zero-order valence-electron chi connectivity index (χ0n) is 10.4. The third-order valence-electron chi connectivity index (χ3n) is 3.44. The van der Waals surface area contributed by atoms with Crippen molar-refractivity contribution < 1.29 is 4.39 Å². The van der Waals surface area contributed by atoms with E-state index in [0.717, 1.165) is 30.1 Å². The maximum Gasteiger partial charge on any atom is 0.123 e. The van der Waals surface area contributed by atoms with Crippen molar-refractivity contribution in [1.82, 2.24) is 5.32 Å². The van der Waals surface area contributed by atoms with Crippen LogP contribution in [0.15, 0.2) is 30.4 Å². The highest BCUT2D eigenvalue weighted by atomic mass is 19.1. The first kappa shape index (κ1) is 12.3. The van der Waals surface area contributed by atoms with E-state index in [2.05, 4.69) is 17.5 Å². The van der Waals surface area contributed by atoms with Crippen molar-refractivity contribution in [1.29, 1.82) is 0 Å². The molecule has 1 nitrogen and oxygen atoms in total. The highest BCUT2D eigenvalue weighted by Gasteiger charge is 2.09. The number of halogens is 1. The average Bonchev–Trinajstić information content (AvgIpc) is 2.35. The van der Waals surface area contributed by atoms with Gasteiger partial charge in [-0.3, -0.25) is 0 Å². The van der Waals surface area contributed by atoms with Gasteiger partial charge in [0.1, 0.15) is 5.82 Å². The number of allylic oxidation sites excluding steroid dienone is 2. The number of hydrogen-bond acceptors (Lipinski definition) is 1. The lowest BCUT2D eigenvalue weighted by atomic mass is 9.94. The molecule has 0 aromatic heterocycles. The SMILES string of the molecule is Cc1ccc(F)cc1CNCC1CC=CCC1. The molecule has 0 amide bonds. The molecule has 0 radical (unpaired) electrons. The number of nitrogens with one attached hydrogen (secondary N) is 1. The van der Waals surface area contributed by atoms with E-state index in [-0.39, 0.29) is 5.82 Å². The van der Waals surface area contributed by atoms with E-state index in [4.69, 9.17) is 0 Å². The third kappa shape index (κ3) is 3.67. The molecule has 2 rings (SSSR count). The van der Waals surface area contributed by atoms with Crippen LogP contribution in [-0.4, -0.2) is 6.54 Å². The van der Waals surface area contributed by atoms with Crippen LogP contribution in [0.2, 0.25) is 0 Å². The summed E-state index contributed by atoms with van der Waals surface area (Å²) < 4.78 is 13.1. The molecule has 92 valence electrons. The van der Waals surface area contributed by atoms with Crippen LogP contribution >= 0.6 is 0 Å². The van der Waals surface area contributed by atoms with Crippen molar-refractivity contribution >= 4 is 0 Å². The minimum Gasteiger partial charge on any atom is -0.312 e. The summed E-state index contributed by atoms with van der Waals surface area (Å²) in [6.45, 7) is 3.82. The molecular weight excluding hydrogens is 213 g/mol. The summed E-state index contributed by atoms with van der Waals surface area (Å²) in [6.07, 6.45) is 8.17. The Morgan fingerprint density at radius 2 is 2.24 bits per heavy atom. The van der Waals surface area contributed by atoms with E-state index >= 15 is 0 Å². The van der Waals surface area contributed by atoms with Gasteiger partial charge in [-0.1, -0.05) is 18.2 Å². The molecular formula is C15H20FN. The van der Waals surface area contributed by atoms with Crippen molar-refractivity contribution in [2.24, 2.45) is 5.92 Å². The van der Waals surface area contributed by atoms with Crippen LogP contribution in [0.4, 0.5) is 4.39 Å². The van der Waals surface area contributed by atoms with Crippen LogP contribution < -0.4 is 5.32 Å². The highest BCUT2D eigenvalue weighted by Crippen LogP contribution is 2.17. The molecule has 0 bridgehead atoms. The van der Waals surface area contributed by atoms with Gasteiger partial charge in [0.25, 0.3) is 0 Å². The minimum atomic E-state index is -0.145. The second-order valence-corrected chi connectivity index (χ2v) is 4.85. The van der Waals surface area contributed by atoms with Gasteiger partial charge in [0.05, 0.1) is 0 Å². The smallest absolute Gasteiger partial charge is 0.123 e. The monoisotopic (exact) mass is 233 g/mol. The maximum absolute atomic E-state index is 13.1. The Labute approximate surface area is 103 Å². The standard InChI is InChI=1S/C15H20FN/c1-12-7-8-15(16)9-14(12)11-17-10-13-5-3-2-4-6-13/h2-3,7-9,13,17H,4-6,10-11H2,1H3. The van der Waals surface area contributed by atoms with Gasteiger partial charge in [-0.05, 0) is 61.9 Å². The summed E-state index contributed by atoms with van der Waals surface area (Å²) in [7, 11) is 0. The normalized spacial score (nSPS) is 19.5. The summed E-state index contributed by atoms with van der Waals surface area (Å²) in [5, 5.41) is 3.44. The Kier molecular flexibility index (Phi) is 4.32. The molecule has 0 aliphatic heterocycles. The second-order valence-electron chi connectivity index (χ2n) is 4.85. The first-order valence-electron chi connectivity index (χ1n) is 6.36. The van der Waals surface area contributed by atoms with E-state index in [9.17, 15) is 4.39 Å². The molecule has 0 spiro atoms. The molecule has 2 heteroatoms. The predicted octanol–water partition coefficient (Wildman–Crippen LogP) is 3.58. The Bertz CT molecular complexity index is 398. The molecule has 1 aromatic carbocycles. The van der Waals surface area contributed by atoms with Gasteiger partial charge in [-0.25, -0.2) is 4.39 Å². The van der Waals surface area contributed by atoms with Crippen LogP contribution in [0.1, 0.15) is 30.4 Å². The van der Waals surface area contributed by atoms with Gasteiger partial charge in [-0.2, -0.15) is 0 Å². The highest BCUT2D eigenvalue weighted by molar-refractivity contribution is 5.26. The number of benzene rings is 1. The first-order chi connectivity index (χ1) is 8.25. The lowest BCUT2D eigenvalue weighted by Crippen LogP contribution is -2.23. The zero-order chi connectivity index (χ0) is 12.1. The van der Waals surface area contributed by atoms with Gasteiger partial charge < -0.3 is 5.32 Å². The molecule has 1 unspecified atom stereocenters. The molecule has 1 aliphatic rings. The van der Waals surface area contributed by atoms with E-state index in [1.165, 1.54) is 25.3 Å². The maximum atomic E-state index is 13.1. The number of rotatable bonds is 4. The largest absolute Gasteiger partial charge is 0.312 e. The van der Waals surface area contributed by atoms with E-state index in [1.54, 1.807) is 6.07 Å². The van der Waals surface area contributed by atoms with Gasteiger partial charge in [-0.15, -0.1) is 0 Å². The fourth-order valence-corrected chi connectivity index (χ4v) is 2.28. The second kappa shape index (κ2) is 5.97. The molecule has 1 aliphatic carbocycles. The van der Waals surface area contributed by atoms with Crippen molar-refractivity contribution in [3.63, 3.8) is 0 Å². The van der Waals surface area contributed by atoms with Crippen LogP contribution in [0, 0.1) is 18.7 Å². The van der Waals surface area contributed by atoms with Crippen LogP contribution in [0.3, 0.4) is 0 Å². The van der Waals surface area contributed by atoms with Crippen molar-refractivity contribution in [2.75, 3.05) is 6.54 Å². The summed E-state index contributed by atoms with van der Waals surface area (Å²) in [5.74, 6) is 0.599. The van der Waals surface area contributed by atoms with Crippen LogP contribution in [0.25, 0.3) is 0 Å². The minimum absolute atomic E-state index is 0.145. The first-order valence-corrected chi connectivity index (χ1v) is 6.36. The van der Waals surface area contributed by atoms with E-state index in [0.29, 0.717) is 0 Å². The Morgan fingerprint density at radius 3 is 3.00 bits per heavy atom. The molecule has 0 heterocycles. The molecule has 1 aromatic rings. The lowest BCUT2D eigenvalue weighted by Gasteiger charge is -2.18. The third-order valence-corrected chi connectivity index (χ3v) is 3.44. The molecule has 17 heavy (non-hydrogen) atoms. The van der Waals surface area contributed by atoms with E-state index in [1.807, 2.05) is 13.0 Å². The number of aryl methyl sites for hydroxylation is 1. The Balaban J connectivity index is 1.81.